The minimum Gasteiger partial charge on any atom is -0.385 e. The minimum atomic E-state index is -1.04. The number of rotatable bonds is 5. The maximum atomic E-state index is 11.6. The molecule has 8 nitrogen and oxygen atoms in total. The number of aromatic amines is 1. The highest BCUT2D eigenvalue weighted by molar-refractivity contribution is 5.89. The van der Waals surface area contributed by atoms with Crippen LogP contribution < -0.4 is 10.2 Å². The largest absolute Gasteiger partial charge is 0.385 e. The molecule has 4 rings (SSSR count). The van der Waals surface area contributed by atoms with Gasteiger partial charge in [0.25, 0.3) is 0 Å². The molecule has 0 bridgehead atoms. The van der Waals surface area contributed by atoms with Crippen LogP contribution in [-0.4, -0.2) is 52.3 Å². The molecular weight excluding hydrogens is 380 g/mol. The second-order valence-electron chi connectivity index (χ2n) is 8.12. The highest BCUT2D eigenvalue weighted by Gasteiger charge is 2.38. The first-order valence-corrected chi connectivity index (χ1v) is 10.4. The van der Waals surface area contributed by atoms with E-state index in [-0.39, 0.29) is 12.0 Å². The fourth-order valence-electron chi connectivity index (χ4n) is 4.37. The van der Waals surface area contributed by atoms with Crippen molar-refractivity contribution in [3.05, 3.63) is 29.5 Å². The van der Waals surface area contributed by atoms with Gasteiger partial charge in [-0.3, -0.25) is 5.10 Å². The van der Waals surface area contributed by atoms with Crippen LogP contribution in [0.5, 0.6) is 0 Å². The number of hydrogen-bond acceptors (Lipinski definition) is 7. The number of aliphatic hydroxyl groups is 1. The Kier molecular flexibility index (Phi) is 5.75. The van der Waals surface area contributed by atoms with Crippen molar-refractivity contribution in [2.75, 3.05) is 30.0 Å². The summed E-state index contributed by atoms with van der Waals surface area (Å²) in [5, 5.41) is 29.8. The topological polar surface area (TPSA) is 110 Å². The number of pyridine rings is 1. The van der Waals surface area contributed by atoms with Crippen LogP contribution in [0.1, 0.15) is 43.7 Å². The lowest BCUT2D eigenvalue weighted by atomic mass is 9.74. The van der Waals surface area contributed by atoms with E-state index in [4.69, 9.17) is 21.6 Å². The van der Waals surface area contributed by atoms with Gasteiger partial charge in [0.05, 0.1) is 31.1 Å². The van der Waals surface area contributed by atoms with Crippen molar-refractivity contribution in [3.63, 3.8) is 0 Å². The molecule has 0 radical (unpaired) electrons. The Hall–Kier alpha value is -2.89. The molecule has 4 N–H and O–H groups in total. The fourth-order valence-corrected chi connectivity index (χ4v) is 4.37. The maximum absolute atomic E-state index is 11.6. The molecule has 2 aromatic rings. The molecule has 1 aliphatic heterocycles. The van der Waals surface area contributed by atoms with Gasteiger partial charge in [-0.25, -0.2) is 4.98 Å². The van der Waals surface area contributed by atoms with Gasteiger partial charge in [-0.05, 0) is 44.2 Å². The van der Waals surface area contributed by atoms with Gasteiger partial charge in [0, 0.05) is 30.3 Å². The summed E-state index contributed by atoms with van der Waals surface area (Å²) < 4.78 is 5.58. The Morgan fingerprint density at radius 2 is 2.27 bits per heavy atom. The quantitative estimate of drug-likeness (QED) is 0.447. The summed E-state index contributed by atoms with van der Waals surface area (Å²) in [4.78, 5) is 7.02. The molecule has 3 heterocycles. The lowest BCUT2D eigenvalue weighted by molar-refractivity contribution is -0.00801. The molecule has 1 saturated carbocycles. The van der Waals surface area contributed by atoms with Gasteiger partial charge in [0.1, 0.15) is 17.5 Å². The normalized spacial score (nSPS) is 26.8. The third-order valence-electron chi connectivity index (χ3n) is 6.15. The zero-order valence-corrected chi connectivity index (χ0v) is 17.2. The molecule has 1 aliphatic carbocycles. The Morgan fingerprint density at radius 3 is 2.90 bits per heavy atom. The second-order valence-corrected chi connectivity index (χ2v) is 8.12. The summed E-state index contributed by atoms with van der Waals surface area (Å²) in [5.74, 6) is 4.97. The van der Waals surface area contributed by atoms with E-state index in [1.807, 2.05) is 6.07 Å². The molecule has 8 heteroatoms. The predicted octanol–water partition coefficient (Wildman–Crippen LogP) is 2.78. The van der Waals surface area contributed by atoms with Crippen LogP contribution >= 0.6 is 0 Å². The zero-order valence-electron chi connectivity index (χ0n) is 17.2. The molecule has 158 valence electrons. The smallest absolute Gasteiger partial charge is 0.143 e. The van der Waals surface area contributed by atoms with Crippen molar-refractivity contribution in [1.82, 2.24) is 15.2 Å². The SMILES string of the molecule is C#CC1CCC(O)(c2cc(N3CCOC[C@H]3C)nc(Nc3ccn[nH]3)c2C=N)CC1. The molecule has 1 saturated heterocycles. The molecule has 1 atom stereocenters. The van der Waals surface area contributed by atoms with Crippen molar-refractivity contribution < 1.29 is 9.84 Å². The highest BCUT2D eigenvalue weighted by atomic mass is 16.5. The predicted molar refractivity (Wildman–Crippen MR) is 116 cm³/mol. The van der Waals surface area contributed by atoms with E-state index in [0.29, 0.717) is 43.3 Å². The Morgan fingerprint density at radius 1 is 1.47 bits per heavy atom. The molecule has 2 fully saturated rings. The van der Waals surface area contributed by atoms with Gasteiger partial charge < -0.3 is 25.5 Å². The number of H-pyrrole nitrogens is 1. The first-order valence-electron chi connectivity index (χ1n) is 10.4. The summed E-state index contributed by atoms with van der Waals surface area (Å²) in [7, 11) is 0. The molecule has 2 aromatic heterocycles. The first-order chi connectivity index (χ1) is 14.5. The summed E-state index contributed by atoms with van der Waals surface area (Å²) >= 11 is 0. The maximum Gasteiger partial charge on any atom is 0.143 e. The van der Waals surface area contributed by atoms with Crippen LogP contribution in [-0.2, 0) is 10.3 Å². The number of terminal acetylenes is 1. The third kappa shape index (κ3) is 3.91. The molecule has 30 heavy (non-hydrogen) atoms. The highest BCUT2D eigenvalue weighted by Crippen LogP contribution is 2.43. The molecule has 0 spiro atoms. The van der Waals surface area contributed by atoms with E-state index in [0.717, 1.165) is 30.8 Å². The van der Waals surface area contributed by atoms with E-state index in [1.54, 1.807) is 12.3 Å². The van der Waals surface area contributed by atoms with Crippen LogP contribution in [0.2, 0.25) is 0 Å². The second kappa shape index (κ2) is 8.46. The minimum absolute atomic E-state index is 0.164. The van der Waals surface area contributed by atoms with E-state index in [2.05, 4.69) is 33.3 Å². The van der Waals surface area contributed by atoms with E-state index in [9.17, 15) is 5.11 Å². The number of ether oxygens (including phenoxy) is 1. The number of nitrogens with zero attached hydrogens (tertiary/aromatic N) is 3. The van der Waals surface area contributed by atoms with Gasteiger partial charge in [-0.1, -0.05) is 0 Å². The average Bonchev–Trinajstić information content (AvgIpc) is 3.27. The van der Waals surface area contributed by atoms with Crippen molar-refractivity contribution >= 4 is 23.7 Å². The lowest BCUT2D eigenvalue weighted by Crippen LogP contribution is -2.44. The third-order valence-corrected chi connectivity index (χ3v) is 6.15. The number of anilines is 3. The van der Waals surface area contributed by atoms with E-state index in [1.165, 1.54) is 6.21 Å². The Bertz CT molecular complexity index is 928. The summed E-state index contributed by atoms with van der Waals surface area (Å²) in [6.07, 6.45) is 11.2. The molecule has 2 aliphatic rings. The van der Waals surface area contributed by atoms with Gasteiger partial charge in [-0.15, -0.1) is 12.3 Å². The van der Waals surface area contributed by atoms with Crippen LogP contribution in [0.3, 0.4) is 0 Å². The van der Waals surface area contributed by atoms with Crippen LogP contribution in [0.15, 0.2) is 18.3 Å². The van der Waals surface area contributed by atoms with Gasteiger partial charge in [-0.2, -0.15) is 5.10 Å². The van der Waals surface area contributed by atoms with E-state index < -0.39 is 5.60 Å². The van der Waals surface area contributed by atoms with Crippen LogP contribution in [0, 0.1) is 23.7 Å². The van der Waals surface area contributed by atoms with Gasteiger partial charge >= 0.3 is 0 Å². The van der Waals surface area contributed by atoms with Crippen LogP contribution in [0.4, 0.5) is 17.5 Å². The summed E-state index contributed by atoms with van der Waals surface area (Å²) in [5.41, 5.74) is 0.257. The monoisotopic (exact) mass is 408 g/mol. The lowest BCUT2D eigenvalue weighted by Gasteiger charge is -2.38. The van der Waals surface area contributed by atoms with E-state index >= 15 is 0 Å². The van der Waals surface area contributed by atoms with Gasteiger partial charge in [0.15, 0.2) is 0 Å². The van der Waals surface area contributed by atoms with Crippen molar-refractivity contribution in [3.8, 4) is 12.3 Å². The fraction of sp³-hybridized carbons (Fsp3) is 0.500. The molecule has 0 unspecified atom stereocenters. The number of hydrogen-bond donors (Lipinski definition) is 4. The standard InChI is InChI=1S/C22H28N6O2/c1-3-16-4-7-22(29,8-5-16)18-12-20(28-10-11-30-14-15(28)2)26-21(17(18)13-23)25-19-6-9-24-27-19/h1,6,9,12-13,15-16,23,29H,4-5,7-8,10-11,14H2,2H3,(H2,24,25,26,27)/t15-,16?,22?/m1/s1. The van der Waals surface area contributed by atoms with Crippen LogP contribution in [0.25, 0.3) is 0 Å². The Balaban J connectivity index is 1.79. The van der Waals surface area contributed by atoms with Crippen molar-refractivity contribution in [2.24, 2.45) is 5.92 Å². The number of morpholine rings is 1. The molecular formula is C22H28N6O2. The van der Waals surface area contributed by atoms with Crippen molar-refractivity contribution in [2.45, 2.75) is 44.2 Å². The van der Waals surface area contributed by atoms with Crippen molar-refractivity contribution in [1.29, 1.82) is 5.41 Å². The Labute approximate surface area is 176 Å². The first kappa shape index (κ1) is 20.4. The molecule has 0 aromatic carbocycles. The summed E-state index contributed by atoms with van der Waals surface area (Å²) in [6, 6.07) is 3.90. The summed E-state index contributed by atoms with van der Waals surface area (Å²) in [6.45, 7) is 4.07. The van der Waals surface area contributed by atoms with Gasteiger partial charge in [0.2, 0.25) is 0 Å². The molecule has 0 amide bonds. The average molecular weight is 409 g/mol. The number of aromatic nitrogens is 3. The number of nitrogens with one attached hydrogen (secondary N) is 3. The zero-order chi connectivity index (χ0) is 21.1.